The predicted molar refractivity (Wildman–Crippen MR) is 106 cm³/mol. The maximum atomic E-state index is 13.3. The quantitative estimate of drug-likeness (QED) is 0.715. The molecule has 3 rings (SSSR count). The third-order valence-corrected chi connectivity index (χ3v) is 5.31. The second-order valence-corrected chi connectivity index (χ2v) is 7.12. The summed E-state index contributed by atoms with van der Waals surface area (Å²) >= 11 is 7.16. The number of halogens is 2. The molecule has 5 nitrogen and oxygen atoms in total. The van der Waals surface area contributed by atoms with E-state index >= 15 is 0 Å². The maximum absolute atomic E-state index is 13.3. The van der Waals surface area contributed by atoms with Gasteiger partial charge in [0.1, 0.15) is 5.82 Å². The summed E-state index contributed by atoms with van der Waals surface area (Å²) in [7, 11) is 3.17. The monoisotopic (exact) mass is 408 g/mol. The van der Waals surface area contributed by atoms with Crippen LogP contribution in [-0.2, 0) is 11.2 Å². The molecule has 0 unspecified atom stereocenters. The fourth-order valence-electron chi connectivity index (χ4n) is 2.64. The Kier molecular flexibility index (Phi) is 6.23. The molecule has 142 valence electrons. The van der Waals surface area contributed by atoms with Crippen LogP contribution in [0, 0.1) is 5.82 Å². The summed E-state index contributed by atoms with van der Waals surface area (Å²) in [5.74, 6) is 1.13. The van der Waals surface area contributed by atoms with E-state index in [-0.39, 0.29) is 10.9 Å². The average Bonchev–Trinajstić information content (AvgIpc) is 3.02. The Labute approximate surface area is 166 Å². The van der Waals surface area contributed by atoms with Gasteiger partial charge in [0.05, 0.1) is 30.7 Å². The Morgan fingerprint density at radius 1 is 1.19 bits per heavy atom. The molecule has 1 fully saturated rings. The molecule has 0 aliphatic carbocycles. The molecule has 0 N–H and O–H groups in total. The van der Waals surface area contributed by atoms with Crippen LogP contribution in [0.25, 0.3) is 0 Å². The molecule has 0 spiro atoms. The molecule has 1 saturated heterocycles. The minimum atomic E-state index is -0.499. The molecule has 1 heterocycles. The van der Waals surface area contributed by atoms with Crippen LogP contribution in [0.4, 0.5) is 10.1 Å². The predicted octanol–water partition coefficient (Wildman–Crippen LogP) is 4.30. The van der Waals surface area contributed by atoms with Gasteiger partial charge in [-0.3, -0.25) is 9.69 Å². The van der Waals surface area contributed by atoms with Crippen molar-refractivity contribution in [2.45, 2.75) is 6.42 Å². The number of hydrogen-bond donors (Lipinski definition) is 0. The van der Waals surface area contributed by atoms with E-state index in [2.05, 4.69) is 4.99 Å². The molecule has 0 radical (unpaired) electrons. The third kappa shape index (κ3) is 4.54. The Morgan fingerprint density at radius 3 is 2.67 bits per heavy atom. The van der Waals surface area contributed by atoms with Crippen molar-refractivity contribution in [2.75, 3.05) is 26.5 Å². The molecular weight excluding hydrogens is 391 g/mol. The Bertz CT molecular complexity index is 891. The molecule has 0 atom stereocenters. The van der Waals surface area contributed by atoms with Crippen molar-refractivity contribution in [3.8, 4) is 11.5 Å². The molecule has 27 heavy (non-hydrogen) atoms. The van der Waals surface area contributed by atoms with Crippen LogP contribution in [0.15, 0.2) is 41.4 Å². The molecule has 8 heteroatoms. The number of hydrogen-bond acceptors (Lipinski definition) is 5. The highest BCUT2D eigenvalue weighted by Crippen LogP contribution is 2.29. The maximum Gasteiger partial charge on any atom is 0.239 e. The number of aliphatic imine (C=N–C) groups is 1. The van der Waals surface area contributed by atoms with Gasteiger partial charge in [-0.2, -0.15) is 0 Å². The second kappa shape index (κ2) is 8.63. The van der Waals surface area contributed by atoms with Crippen LogP contribution in [-0.4, -0.2) is 42.5 Å². The van der Waals surface area contributed by atoms with E-state index < -0.39 is 5.82 Å². The van der Waals surface area contributed by atoms with Gasteiger partial charge in [-0.15, -0.1) is 0 Å². The fraction of sp³-hybridized carbons (Fsp3) is 0.263. The molecule has 2 aromatic carbocycles. The van der Waals surface area contributed by atoms with E-state index in [1.54, 1.807) is 19.1 Å². The SMILES string of the molecule is COc1ccc(CCN2C(=O)CSC2=Nc2ccc(F)c(Cl)c2)cc1OC. The van der Waals surface area contributed by atoms with Crippen molar-refractivity contribution in [2.24, 2.45) is 4.99 Å². The van der Waals surface area contributed by atoms with Crippen LogP contribution in [0.3, 0.4) is 0 Å². The Balaban J connectivity index is 1.75. The number of rotatable bonds is 6. The third-order valence-electron chi connectivity index (χ3n) is 4.06. The zero-order valence-electron chi connectivity index (χ0n) is 14.9. The normalized spacial score (nSPS) is 15.5. The van der Waals surface area contributed by atoms with Gasteiger partial charge in [-0.05, 0) is 42.3 Å². The van der Waals surface area contributed by atoms with Gasteiger partial charge in [-0.1, -0.05) is 29.4 Å². The minimum Gasteiger partial charge on any atom is -0.493 e. The molecule has 2 aromatic rings. The number of carbonyl (C=O) groups excluding carboxylic acids is 1. The first-order valence-corrected chi connectivity index (χ1v) is 9.56. The lowest BCUT2D eigenvalue weighted by Gasteiger charge is -2.16. The number of benzene rings is 2. The first kappa shape index (κ1) is 19.5. The van der Waals surface area contributed by atoms with Gasteiger partial charge < -0.3 is 9.47 Å². The van der Waals surface area contributed by atoms with Gasteiger partial charge in [0.15, 0.2) is 16.7 Å². The van der Waals surface area contributed by atoms with Crippen molar-refractivity contribution in [1.82, 2.24) is 4.90 Å². The highest BCUT2D eigenvalue weighted by molar-refractivity contribution is 8.15. The highest BCUT2D eigenvalue weighted by atomic mass is 35.5. The smallest absolute Gasteiger partial charge is 0.239 e. The summed E-state index contributed by atoms with van der Waals surface area (Å²) in [6.07, 6.45) is 0.635. The van der Waals surface area contributed by atoms with Gasteiger partial charge >= 0.3 is 0 Å². The number of carbonyl (C=O) groups is 1. The average molecular weight is 409 g/mol. The fourth-order valence-corrected chi connectivity index (χ4v) is 3.75. The number of ether oxygens (including phenoxy) is 2. The number of amides is 1. The van der Waals surface area contributed by atoms with E-state index in [0.29, 0.717) is 41.1 Å². The van der Waals surface area contributed by atoms with E-state index in [1.165, 1.54) is 30.0 Å². The van der Waals surface area contributed by atoms with Gasteiger partial charge in [0, 0.05) is 6.54 Å². The zero-order chi connectivity index (χ0) is 19.4. The van der Waals surface area contributed by atoms with Crippen molar-refractivity contribution in [3.63, 3.8) is 0 Å². The van der Waals surface area contributed by atoms with E-state index in [0.717, 1.165) is 5.56 Å². The summed E-state index contributed by atoms with van der Waals surface area (Å²) in [5.41, 5.74) is 1.52. The summed E-state index contributed by atoms with van der Waals surface area (Å²) in [6, 6.07) is 9.90. The number of nitrogens with zero attached hydrogens (tertiary/aromatic N) is 2. The molecule has 1 aliphatic rings. The minimum absolute atomic E-state index is 0.00283. The first-order valence-electron chi connectivity index (χ1n) is 8.19. The summed E-state index contributed by atoms with van der Waals surface area (Å²) in [4.78, 5) is 18.3. The van der Waals surface area contributed by atoms with Crippen LogP contribution >= 0.6 is 23.4 Å². The molecule has 1 aliphatic heterocycles. The first-order chi connectivity index (χ1) is 13.0. The summed E-state index contributed by atoms with van der Waals surface area (Å²) in [6.45, 7) is 0.481. The summed E-state index contributed by atoms with van der Waals surface area (Å²) in [5, 5.41) is 0.589. The van der Waals surface area contributed by atoms with Crippen molar-refractivity contribution in [3.05, 3.63) is 52.8 Å². The summed E-state index contributed by atoms with van der Waals surface area (Å²) < 4.78 is 23.9. The Hall–Kier alpha value is -2.25. The van der Waals surface area contributed by atoms with Gasteiger partial charge in [0.2, 0.25) is 5.91 Å². The van der Waals surface area contributed by atoms with Crippen molar-refractivity contribution in [1.29, 1.82) is 0 Å². The van der Waals surface area contributed by atoms with E-state index in [9.17, 15) is 9.18 Å². The topological polar surface area (TPSA) is 51.1 Å². The van der Waals surface area contributed by atoms with Crippen molar-refractivity contribution >= 4 is 40.1 Å². The number of amidine groups is 1. The lowest BCUT2D eigenvalue weighted by atomic mass is 10.1. The standard InChI is InChI=1S/C19H18ClFN2O3S/c1-25-16-6-3-12(9-17(16)26-2)7-8-23-18(24)11-27-19(23)22-13-4-5-15(21)14(20)10-13/h3-6,9-10H,7-8,11H2,1-2H3. The zero-order valence-corrected chi connectivity index (χ0v) is 16.4. The lowest BCUT2D eigenvalue weighted by Crippen LogP contribution is -2.31. The molecule has 1 amide bonds. The molecule has 0 bridgehead atoms. The van der Waals surface area contributed by atoms with Gasteiger partial charge in [-0.25, -0.2) is 9.38 Å². The highest BCUT2D eigenvalue weighted by Gasteiger charge is 2.28. The second-order valence-electron chi connectivity index (χ2n) is 5.77. The van der Waals surface area contributed by atoms with Crippen LogP contribution in [0.2, 0.25) is 5.02 Å². The molecular formula is C19H18ClFN2O3S. The van der Waals surface area contributed by atoms with E-state index in [4.69, 9.17) is 21.1 Å². The Morgan fingerprint density at radius 2 is 1.96 bits per heavy atom. The molecule has 0 aromatic heterocycles. The van der Waals surface area contributed by atoms with Crippen LogP contribution in [0.1, 0.15) is 5.56 Å². The van der Waals surface area contributed by atoms with Crippen LogP contribution in [0.5, 0.6) is 11.5 Å². The van der Waals surface area contributed by atoms with Gasteiger partial charge in [0.25, 0.3) is 0 Å². The largest absolute Gasteiger partial charge is 0.493 e. The lowest BCUT2D eigenvalue weighted by molar-refractivity contribution is -0.124. The van der Waals surface area contributed by atoms with E-state index in [1.807, 2.05) is 18.2 Å². The van der Waals surface area contributed by atoms with Crippen LogP contribution < -0.4 is 9.47 Å². The van der Waals surface area contributed by atoms with Crippen molar-refractivity contribution < 1.29 is 18.7 Å². The molecule has 0 saturated carbocycles. The number of thioether (sulfide) groups is 1. The number of methoxy groups -OCH3 is 2.